The summed E-state index contributed by atoms with van der Waals surface area (Å²) < 4.78 is 7.02. The van der Waals surface area contributed by atoms with Crippen LogP contribution in [0.1, 0.15) is 6.92 Å². The number of Topliss-reactive ketones (excluding diaryl/α,β-unsaturated/α-hetero) is 1. The second-order valence-corrected chi connectivity index (χ2v) is 6.01. The molecular formula is C16H18N6O2S. The van der Waals surface area contributed by atoms with E-state index in [0.717, 1.165) is 5.56 Å². The normalized spacial score (nSPS) is 11.7. The number of nitrogens with zero attached hydrogens (tertiary/aromatic N) is 5. The first kappa shape index (κ1) is 18.6. The van der Waals surface area contributed by atoms with Crippen molar-refractivity contribution in [2.45, 2.75) is 18.6 Å². The lowest BCUT2D eigenvalue weighted by molar-refractivity contribution is -0.112. The van der Waals surface area contributed by atoms with E-state index in [1.54, 1.807) is 19.5 Å². The monoisotopic (exact) mass is 358 g/mol. The van der Waals surface area contributed by atoms with Gasteiger partial charge < -0.3 is 10.5 Å². The molecule has 0 radical (unpaired) electrons. The van der Waals surface area contributed by atoms with Crippen LogP contribution < -0.4 is 5.73 Å². The molecule has 0 bridgehead atoms. The van der Waals surface area contributed by atoms with Crippen LogP contribution in [0.25, 0.3) is 11.4 Å². The fourth-order valence-corrected chi connectivity index (χ4v) is 2.90. The number of hydrogen-bond acceptors (Lipinski definition) is 8. The molecule has 2 aromatic rings. The third-order valence-corrected chi connectivity index (χ3v) is 4.26. The molecule has 2 rings (SSSR count). The van der Waals surface area contributed by atoms with E-state index in [0.29, 0.717) is 24.1 Å². The number of ether oxygens (including phenoxy) is 1. The summed E-state index contributed by atoms with van der Waals surface area (Å²) in [7, 11) is 1.61. The average Bonchev–Trinajstić information content (AvgIpc) is 3.02. The zero-order chi connectivity index (χ0) is 18.2. The van der Waals surface area contributed by atoms with E-state index in [1.165, 1.54) is 18.7 Å². The lowest BCUT2D eigenvalue weighted by atomic mass is 10.2. The second-order valence-electron chi connectivity index (χ2n) is 5.07. The zero-order valence-electron chi connectivity index (χ0n) is 14.0. The number of thioether (sulfide) groups is 1. The molecule has 25 heavy (non-hydrogen) atoms. The first-order valence-electron chi connectivity index (χ1n) is 7.43. The van der Waals surface area contributed by atoms with Crippen LogP contribution in [0.15, 0.2) is 41.0 Å². The lowest BCUT2D eigenvalue weighted by Crippen LogP contribution is -2.12. The summed E-state index contributed by atoms with van der Waals surface area (Å²) in [6.45, 7) is 2.54. The van der Waals surface area contributed by atoms with Crippen molar-refractivity contribution in [3.63, 3.8) is 0 Å². The van der Waals surface area contributed by atoms with Crippen LogP contribution in [0.5, 0.6) is 0 Å². The summed E-state index contributed by atoms with van der Waals surface area (Å²) in [5.74, 6) is 0.388. The Labute approximate surface area is 149 Å². The Morgan fingerprint density at radius 3 is 2.72 bits per heavy atom. The van der Waals surface area contributed by atoms with Gasteiger partial charge in [0.05, 0.1) is 18.9 Å². The molecule has 2 aromatic heterocycles. The molecule has 130 valence electrons. The van der Waals surface area contributed by atoms with Crippen molar-refractivity contribution in [2.24, 2.45) is 5.73 Å². The minimum absolute atomic E-state index is 0.0233. The number of aromatic nitrogens is 4. The first-order chi connectivity index (χ1) is 12.1. The van der Waals surface area contributed by atoms with Gasteiger partial charge in [-0.25, -0.2) is 0 Å². The van der Waals surface area contributed by atoms with Crippen molar-refractivity contribution in [3.8, 4) is 17.5 Å². The summed E-state index contributed by atoms with van der Waals surface area (Å²) in [6, 6.07) is 5.51. The predicted molar refractivity (Wildman–Crippen MR) is 93.4 cm³/mol. The third kappa shape index (κ3) is 4.65. The Bertz CT molecular complexity index is 806. The summed E-state index contributed by atoms with van der Waals surface area (Å²) >= 11 is 1.21. The fraction of sp³-hybridized carbons (Fsp3) is 0.312. The minimum Gasteiger partial charge on any atom is -0.401 e. The molecule has 0 atom stereocenters. The van der Waals surface area contributed by atoms with Gasteiger partial charge in [-0.3, -0.25) is 14.3 Å². The molecule has 0 aromatic carbocycles. The molecule has 0 saturated carbocycles. The quantitative estimate of drug-likeness (QED) is 0.427. The number of nitriles is 1. The number of nitrogens with two attached hydrogens (primary N) is 1. The Hall–Kier alpha value is -2.70. The van der Waals surface area contributed by atoms with Gasteiger partial charge in [-0.1, -0.05) is 11.8 Å². The van der Waals surface area contributed by atoms with Crippen LogP contribution in [0.2, 0.25) is 0 Å². The van der Waals surface area contributed by atoms with Crippen molar-refractivity contribution in [3.05, 3.63) is 35.8 Å². The largest absolute Gasteiger partial charge is 0.401 e. The molecule has 0 fully saturated rings. The van der Waals surface area contributed by atoms with Gasteiger partial charge in [0, 0.05) is 30.8 Å². The summed E-state index contributed by atoms with van der Waals surface area (Å²) in [5, 5.41) is 18.0. The third-order valence-electron chi connectivity index (χ3n) is 3.29. The fourth-order valence-electron chi connectivity index (χ4n) is 2.07. The SMILES string of the molecule is COCCn1c(SCC(=O)/C(C#N)=C(\C)N)nnc1-c1ccncc1. The minimum atomic E-state index is -0.334. The molecule has 9 heteroatoms. The van der Waals surface area contributed by atoms with Crippen molar-refractivity contribution in [1.82, 2.24) is 19.7 Å². The van der Waals surface area contributed by atoms with Crippen molar-refractivity contribution in [2.75, 3.05) is 19.5 Å². The van der Waals surface area contributed by atoms with Gasteiger partial charge in [0.1, 0.15) is 11.6 Å². The van der Waals surface area contributed by atoms with E-state index in [-0.39, 0.29) is 22.8 Å². The topological polar surface area (TPSA) is 120 Å². The Morgan fingerprint density at radius 1 is 1.40 bits per heavy atom. The van der Waals surface area contributed by atoms with Crippen LogP contribution >= 0.6 is 11.8 Å². The van der Waals surface area contributed by atoms with Crippen molar-refractivity contribution < 1.29 is 9.53 Å². The standard InChI is InChI=1S/C16H18N6O2S/c1-11(18)13(9-17)14(23)10-25-16-21-20-15(22(16)7-8-24-2)12-3-5-19-6-4-12/h3-6H,7-8,10,18H2,1-2H3/b13-11+. The maximum atomic E-state index is 12.1. The molecular weight excluding hydrogens is 340 g/mol. The summed E-state index contributed by atoms with van der Waals surface area (Å²) in [4.78, 5) is 16.1. The van der Waals surface area contributed by atoms with Gasteiger partial charge in [0.2, 0.25) is 0 Å². The van der Waals surface area contributed by atoms with Crippen molar-refractivity contribution in [1.29, 1.82) is 5.26 Å². The number of rotatable bonds is 8. The number of methoxy groups -OCH3 is 1. The smallest absolute Gasteiger partial charge is 0.192 e. The number of pyridine rings is 1. The molecule has 0 amide bonds. The molecule has 0 saturated heterocycles. The van der Waals surface area contributed by atoms with E-state index in [4.69, 9.17) is 15.7 Å². The lowest BCUT2D eigenvalue weighted by Gasteiger charge is -2.09. The molecule has 2 N–H and O–H groups in total. The first-order valence-corrected chi connectivity index (χ1v) is 8.42. The molecule has 0 aliphatic rings. The van der Waals surface area contributed by atoms with E-state index in [9.17, 15) is 4.79 Å². The Morgan fingerprint density at radius 2 is 2.12 bits per heavy atom. The van der Waals surface area contributed by atoms with Gasteiger partial charge in [-0.05, 0) is 19.1 Å². The maximum absolute atomic E-state index is 12.1. The van der Waals surface area contributed by atoms with Gasteiger partial charge >= 0.3 is 0 Å². The maximum Gasteiger partial charge on any atom is 0.192 e. The number of carbonyl (C=O) groups is 1. The molecule has 8 nitrogen and oxygen atoms in total. The van der Waals surface area contributed by atoms with Gasteiger partial charge in [0.15, 0.2) is 16.8 Å². The molecule has 0 unspecified atom stereocenters. The Kier molecular flexibility index (Phi) is 6.68. The van der Waals surface area contributed by atoms with E-state index in [1.807, 2.05) is 22.8 Å². The van der Waals surface area contributed by atoms with Crippen LogP contribution in [0.3, 0.4) is 0 Å². The Balaban J connectivity index is 2.24. The summed E-state index contributed by atoms with van der Waals surface area (Å²) in [6.07, 6.45) is 3.35. The van der Waals surface area contributed by atoms with E-state index < -0.39 is 0 Å². The number of allylic oxidation sites excluding steroid dienone is 2. The van der Waals surface area contributed by atoms with Crippen LogP contribution in [-0.4, -0.2) is 45.0 Å². The number of hydrogen-bond donors (Lipinski definition) is 1. The second kappa shape index (κ2) is 8.96. The molecule has 0 spiro atoms. The van der Waals surface area contributed by atoms with Crippen molar-refractivity contribution >= 4 is 17.5 Å². The van der Waals surface area contributed by atoms with Crippen LogP contribution in [0.4, 0.5) is 0 Å². The van der Waals surface area contributed by atoms with Gasteiger partial charge in [-0.2, -0.15) is 5.26 Å². The number of ketones is 1. The molecule has 2 heterocycles. The van der Waals surface area contributed by atoms with E-state index >= 15 is 0 Å². The summed E-state index contributed by atoms with van der Waals surface area (Å²) in [5.41, 5.74) is 6.62. The molecule has 0 aliphatic carbocycles. The highest BCUT2D eigenvalue weighted by molar-refractivity contribution is 7.99. The van der Waals surface area contributed by atoms with Gasteiger partial charge in [-0.15, -0.1) is 10.2 Å². The van der Waals surface area contributed by atoms with E-state index in [2.05, 4.69) is 15.2 Å². The van der Waals surface area contributed by atoms with Gasteiger partial charge in [0.25, 0.3) is 0 Å². The average molecular weight is 358 g/mol. The highest BCUT2D eigenvalue weighted by atomic mass is 32.2. The highest BCUT2D eigenvalue weighted by Gasteiger charge is 2.17. The predicted octanol–water partition coefficient (Wildman–Crippen LogP) is 1.40. The molecule has 0 aliphatic heterocycles. The van der Waals surface area contributed by atoms with Crippen LogP contribution in [0, 0.1) is 11.3 Å². The zero-order valence-corrected chi connectivity index (χ0v) is 14.8. The highest BCUT2D eigenvalue weighted by Crippen LogP contribution is 2.24. The number of carbonyl (C=O) groups excluding carboxylic acids is 1. The van der Waals surface area contributed by atoms with Crippen LogP contribution in [-0.2, 0) is 16.1 Å².